The van der Waals surface area contributed by atoms with Crippen LogP contribution in [0.2, 0.25) is 0 Å². The maximum atomic E-state index is 14.0. The summed E-state index contributed by atoms with van der Waals surface area (Å²) in [7, 11) is 1.59. The topological polar surface area (TPSA) is 97.0 Å². The predicted molar refractivity (Wildman–Crippen MR) is 164 cm³/mol. The zero-order valence-corrected chi connectivity index (χ0v) is 26.1. The van der Waals surface area contributed by atoms with Gasteiger partial charge < -0.3 is 25.0 Å². The van der Waals surface area contributed by atoms with Crippen LogP contribution in [-0.2, 0) is 14.3 Å². The lowest BCUT2D eigenvalue weighted by molar-refractivity contribution is -0.140. The van der Waals surface area contributed by atoms with Crippen LogP contribution in [0, 0.1) is 13.8 Å². The molecule has 0 spiro atoms. The van der Waals surface area contributed by atoms with Gasteiger partial charge in [0.25, 0.3) is 5.91 Å². The Morgan fingerprint density at radius 1 is 0.927 bits per heavy atom. The third-order valence-corrected chi connectivity index (χ3v) is 7.00. The van der Waals surface area contributed by atoms with E-state index < -0.39 is 23.8 Å². The Morgan fingerprint density at radius 2 is 1.56 bits per heavy atom. The van der Waals surface area contributed by atoms with Gasteiger partial charge in [-0.25, -0.2) is 4.79 Å². The van der Waals surface area contributed by atoms with Crippen LogP contribution < -0.4 is 15.4 Å². The number of ether oxygens (including phenoxy) is 2. The highest BCUT2D eigenvalue weighted by atomic mass is 16.6. The Balaban J connectivity index is 2.45. The minimum atomic E-state index is -0.900. The Bertz CT molecular complexity index is 1140. The molecule has 2 atom stereocenters. The molecule has 3 amide bonds. The van der Waals surface area contributed by atoms with E-state index in [1.54, 1.807) is 64.0 Å². The summed E-state index contributed by atoms with van der Waals surface area (Å²) in [6.45, 7) is 13.4. The molecule has 0 fully saturated rings. The first-order chi connectivity index (χ1) is 19.4. The number of carbonyl (C=O) groups is 3. The Kier molecular flexibility index (Phi) is 13.2. The quantitative estimate of drug-likeness (QED) is 0.238. The van der Waals surface area contributed by atoms with Crippen LogP contribution in [0.5, 0.6) is 5.75 Å². The number of aryl methyl sites for hydroxylation is 1. The lowest BCUT2D eigenvalue weighted by atomic mass is 9.94. The van der Waals surface area contributed by atoms with Crippen molar-refractivity contribution in [2.24, 2.45) is 0 Å². The third-order valence-electron chi connectivity index (χ3n) is 7.00. The zero-order chi connectivity index (χ0) is 30.6. The molecule has 0 saturated heterocycles. The molecule has 41 heavy (non-hydrogen) atoms. The molecule has 0 bridgehead atoms. The van der Waals surface area contributed by atoms with Crippen molar-refractivity contribution in [2.45, 2.75) is 105 Å². The first-order valence-corrected chi connectivity index (χ1v) is 14.7. The minimum absolute atomic E-state index is 0.326. The number of hydrogen-bond acceptors (Lipinski definition) is 5. The standard InChI is InChI=1S/C33H49N3O5/c1-9-10-11-12-13-14-22-36(31(38)25(4)34-32(39)41-33(5,6)7)29(28-17-15-16-23(2)24(28)3)30(37)35-26-18-20-27(40-8)21-19-26/h15-21,25,29H,9-14,22H2,1-8H3,(H,34,39)(H,35,37). The summed E-state index contributed by atoms with van der Waals surface area (Å²) in [6, 6.07) is 11.1. The molecule has 0 radical (unpaired) electrons. The van der Waals surface area contributed by atoms with E-state index in [1.807, 2.05) is 32.0 Å². The van der Waals surface area contributed by atoms with Crippen molar-refractivity contribution in [1.82, 2.24) is 10.2 Å². The fraction of sp³-hybridized carbons (Fsp3) is 0.545. The highest BCUT2D eigenvalue weighted by molar-refractivity contribution is 5.99. The number of carbonyl (C=O) groups excluding carboxylic acids is 3. The van der Waals surface area contributed by atoms with Gasteiger partial charge in [0.05, 0.1) is 7.11 Å². The molecule has 2 unspecified atom stereocenters. The molecule has 0 aromatic heterocycles. The van der Waals surface area contributed by atoms with Gasteiger partial charge in [-0.05, 0) is 88.9 Å². The van der Waals surface area contributed by atoms with Gasteiger partial charge in [-0.15, -0.1) is 0 Å². The highest BCUT2D eigenvalue weighted by Crippen LogP contribution is 2.29. The molecule has 2 N–H and O–H groups in total. The van der Waals surface area contributed by atoms with E-state index in [2.05, 4.69) is 17.6 Å². The molecular weight excluding hydrogens is 518 g/mol. The van der Waals surface area contributed by atoms with Crippen LogP contribution in [0.25, 0.3) is 0 Å². The molecule has 2 aromatic rings. The van der Waals surface area contributed by atoms with E-state index in [0.29, 0.717) is 18.0 Å². The van der Waals surface area contributed by atoms with Gasteiger partial charge in [0.1, 0.15) is 23.4 Å². The smallest absolute Gasteiger partial charge is 0.408 e. The normalized spacial score (nSPS) is 12.7. The summed E-state index contributed by atoms with van der Waals surface area (Å²) in [5.74, 6) is 0.00358. The first kappa shape index (κ1) is 33.7. The Labute approximate surface area is 246 Å². The van der Waals surface area contributed by atoms with Gasteiger partial charge in [0, 0.05) is 12.2 Å². The lowest BCUT2D eigenvalue weighted by Gasteiger charge is -2.34. The van der Waals surface area contributed by atoms with Crippen molar-refractivity contribution in [1.29, 1.82) is 0 Å². The minimum Gasteiger partial charge on any atom is -0.497 e. The van der Waals surface area contributed by atoms with Crippen LogP contribution in [0.15, 0.2) is 42.5 Å². The number of hydrogen-bond donors (Lipinski definition) is 2. The van der Waals surface area contributed by atoms with Gasteiger partial charge in [0.15, 0.2) is 0 Å². The second-order valence-corrected chi connectivity index (χ2v) is 11.6. The molecule has 8 nitrogen and oxygen atoms in total. The van der Waals surface area contributed by atoms with Crippen molar-refractivity contribution in [2.75, 3.05) is 19.0 Å². The van der Waals surface area contributed by atoms with E-state index in [-0.39, 0.29) is 11.8 Å². The van der Waals surface area contributed by atoms with Crippen LogP contribution in [0.3, 0.4) is 0 Å². The molecule has 0 aliphatic heterocycles. The largest absolute Gasteiger partial charge is 0.497 e. The fourth-order valence-corrected chi connectivity index (χ4v) is 4.63. The van der Waals surface area contributed by atoms with Gasteiger partial charge >= 0.3 is 6.09 Å². The van der Waals surface area contributed by atoms with Crippen LogP contribution >= 0.6 is 0 Å². The summed E-state index contributed by atoms with van der Waals surface area (Å²) in [4.78, 5) is 42.2. The van der Waals surface area contributed by atoms with E-state index >= 15 is 0 Å². The molecule has 0 saturated carbocycles. The number of rotatable bonds is 14. The molecule has 0 heterocycles. The number of methoxy groups -OCH3 is 1. The zero-order valence-electron chi connectivity index (χ0n) is 26.1. The van der Waals surface area contributed by atoms with Gasteiger partial charge in [0.2, 0.25) is 5.91 Å². The maximum absolute atomic E-state index is 14.0. The molecule has 0 aliphatic rings. The van der Waals surface area contributed by atoms with Crippen molar-refractivity contribution in [3.63, 3.8) is 0 Å². The highest BCUT2D eigenvalue weighted by Gasteiger charge is 2.35. The van der Waals surface area contributed by atoms with Crippen molar-refractivity contribution >= 4 is 23.6 Å². The average Bonchev–Trinajstić information content (AvgIpc) is 2.90. The van der Waals surface area contributed by atoms with Crippen molar-refractivity contribution in [3.05, 3.63) is 59.2 Å². The second-order valence-electron chi connectivity index (χ2n) is 11.6. The summed E-state index contributed by atoms with van der Waals surface area (Å²) < 4.78 is 10.6. The number of anilines is 1. The maximum Gasteiger partial charge on any atom is 0.408 e. The number of alkyl carbamates (subject to hydrolysis) is 1. The average molecular weight is 568 g/mol. The van der Waals surface area contributed by atoms with E-state index in [1.165, 1.54) is 6.42 Å². The van der Waals surface area contributed by atoms with E-state index in [0.717, 1.165) is 48.8 Å². The Morgan fingerprint density at radius 3 is 2.17 bits per heavy atom. The summed E-state index contributed by atoms with van der Waals surface area (Å²) in [6.07, 6.45) is 5.54. The first-order valence-electron chi connectivity index (χ1n) is 14.7. The number of nitrogens with zero attached hydrogens (tertiary/aromatic N) is 1. The summed E-state index contributed by atoms with van der Waals surface area (Å²) in [5, 5.41) is 5.67. The Hall–Kier alpha value is -3.55. The summed E-state index contributed by atoms with van der Waals surface area (Å²) in [5.41, 5.74) is 2.61. The van der Waals surface area contributed by atoms with Gasteiger partial charge in [-0.3, -0.25) is 9.59 Å². The molecule has 8 heteroatoms. The van der Waals surface area contributed by atoms with Crippen LogP contribution in [-0.4, -0.2) is 48.1 Å². The SMILES string of the molecule is CCCCCCCCN(C(=O)C(C)NC(=O)OC(C)(C)C)C(C(=O)Nc1ccc(OC)cc1)c1cccc(C)c1C. The van der Waals surface area contributed by atoms with Gasteiger partial charge in [-0.2, -0.15) is 0 Å². The number of unbranched alkanes of at least 4 members (excludes halogenated alkanes) is 5. The van der Waals surface area contributed by atoms with Gasteiger partial charge in [-0.1, -0.05) is 57.2 Å². The molecule has 226 valence electrons. The number of nitrogens with one attached hydrogen (secondary N) is 2. The summed E-state index contributed by atoms with van der Waals surface area (Å²) >= 11 is 0. The molecule has 2 aromatic carbocycles. The third kappa shape index (κ3) is 10.7. The van der Waals surface area contributed by atoms with Crippen molar-refractivity contribution < 1.29 is 23.9 Å². The number of benzene rings is 2. The monoisotopic (exact) mass is 567 g/mol. The second kappa shape index (κ2) is 16.0. The lowest BCUT2D eigenvalue weighted by Crippen LogP contribution is -2.51. The predicted octanol–water partition coefficient (Wildman–Crippen LogP) is 7.09. The molecule has 2 rings (SSSR count). The molecule has 0 aliphatic carbocycles. The van der Waals surface area contributed by atoms with Crippen LogP contribution in [0.1, 0.15) is 95.9 Å². The van der Waals surface area contributed by atoms with E-state index in [9.17, 15) is 14.4 Å². The number of amides is 3. The fourth-order valence-electron chi connectivity index (χ4n) is 4.63. The van der Waals surface area contributed by atoms with Crippen LogP contribution in [0.4, 0.5) is 10.5 Å². The van der Waals surface area contributed by atoms with Crippen molar-refractivity contribution in [3.8, 4) is 5.75 Å². The molecular formula is C33H49N3O5. The van der Waals surface area contributed by atoms with E-state index in [4.69, 9.17) is 9.47 Å².